The van der Waals surface area contributed by atoms with Crippen molar-refractivity contribution in [1.29, 1.82) is 0 Å². The second-order valence-corrected chi connectivity index (χ2v) is 9.86. The number of nitrogens with zero attached hydrogens (tertiary/aromatic N) is 4. The zero-order chi connectivity index (χ0) is 26.4. The third-order valence-corrected chi connectivity index (χ3v) is 5.75. The monoisotopic (exact) mass is 507 g/mol. The topological polar surface area (TPSA) is 137 Å². The number of allylic oxidation sites excluding steroid dienone is 1. The predicted octanol–water partition coefficient (Wildman–Crippen LogP) is 3.30. The van der Waals surface area contributed by atoms with Crippen molar-refractivity contribution in [3.05, 3.63) is 53.8 Å². The molecular formula is C26H33N7O4. The maximum atomic E-state index is 12.0. The van der Waals surface area contributed by atoms with E-state index in [2.05, 4.69) is 25.6 Å². The Kier molecular flexibility index (Phi) is 7.95. The van der Waals surface area contributed by atoms with Gasteiger partial charge in [-0.15, -0.1) is 5.10 Å². The summed E-state index contributed by atoms with van der Waals surface area (Å²) in [5.41, 5.74) is 7.08. The van der Waals surface area contributed by atoms with Gasteiger partial charge < -0.3 is 20.5 Å². The summed E-state index contributed by atoms with van der Waals surface area (Å²) in [6.07, 6.45) is 7.22. The van der Waals surface area contributed by atoms with Crippen LogP contribution in [0.2, 0.25) is 0 Å². The van der Waals surface area contributed by atoms with Crippen molar-refractivity contribution in [3.63, 3.8) is 0 Å². The molecule has 11 nitrogen and oxygen atoms in total. The highest BCUT2D eigenvalue weighted by Gasteiger charge is 2.20. The molecule has 0 radical (unpaired) electrons. The third kappa shape index (κ3) is 7.22. The molecule has 2 aliphatic rings. The molecular weight excluding hydrogens is 474 g/mol. The Morgan fingerprint density at radius 3 is 2.62 bits per heavy atom. The molecule has 1 atom stereocenters. The van der Waals surface area contributed by atoms with Crippen LogP contribution in [0.4, 0.5) is 22.4 Å². The van der Waals surface area contributed by atoms with Crippen LogP contribution in [0.15, 0.2) is 53.8 Å². The van der Waals surface area contributed by atoms with E-state index in [9.17, 15) is 9.59 Å². The van der Waals surface area contributed by atoms with E-state index in [0.29, 0.717) is 29.3 Å². The number of carbonyl (C=O) groups is 1. The summed E-state index contributed by atoms with van der Waals surface area (Å²) in [6.45, 7) is 9.04. The van der Waals surface area contributed by atoms with Gasteiger partial charge in [-0.2, -0.15) is 9.67 Å². The molecule has 4 N–H and O–H groups in total. The molecule has 1 aromatic carbocycles. The van der Waals surface area contributed by atoms with Gasteiger partial charge in [0.05, 0.1) is 17.3 Å². The number of aromatic nitrogens is 3. The van der Waals surface area contributed by atoms with Gasteiger partial charge in [-0.25, -0.2) is 9.59 Å². The van der Waals surface area contributed by atoms with Gasteiger partial charge in [0, 0.05) is 12.2 Å². The van der Waals surface area contributed by atoms with E-state index in [1.54, 1.807) is 57.2 Å². The van der Waals surface area contributed by atoms with Gasteiger partial charge in [0.15, 0.2) is 0 Å². The van der Waals surface area contributed by atoms with Crippen LogP contribution >= 0.6 is 0 Å². The Balaban J connectivity index is 1.35. The predicted molar refractivity (Wildman–Crippen MR) is 141 cm³/mol. The molecule has 0 spiro atoms. The zero-order valence-electron chi connectivity index (χ0n) is 21.4. The van der Waals surface area contributed by atoms with Crippen LogP contribution in [0, 0.1) is 0 Å². The number of benzene rings is 1. The molecule has 11 heteroatoms. The summed E-state index contributed by atoms with van der Waals surface area (Å²) in [5.74, 6) is 3.00. The fourth-order valence-corrected chi connectivity index (χ4v) is 4.02. The maximum absolute atomic E-state index is 12.0. The van der Waals surface area contributed by atoms with E-state index in [0.717, 1.165) is 19.6 Å². The number of hydrogen-bond acceptors (Lipinski definition) is 9. The number of likely N-dealkylation sites (tertiary alicyclic amines) is 1. The first-order valence-electron chi connectivity index (χ1n) is 12.3. The normalized spacial score (nSPS) is 17.8. The lowest BCUT2D eigenvalue weighted by atomic mass is 10.0. The highest BCUT2D eigenvalue weighted by molar-refractivity contribution is 5.85. The summed E-state index contributed by atoms with van der Waals surface area (Å²) in [6, 6.07) is 6.43. The number of carbonyl (C=O) groups excluding carboxylic acids is 2. The molecule has 196 valence electrons. The average molecular weight is 508 g/mol. The minimum absolute atomic E-state index is 0.160. The van der Waals surface area contributed by atoms with Gasteiger partial charge in [-0.1, -0.05) is 6.08 Å². The van der Waals surface area contributed by atoms with Gasteiger partial charge in [0.25, 0.3) is 0 Å². The van der Waals surface area contributed by atoms with Crippen molar-refractivity contribution in [1.82, 2.24) is 19.7 Å². The van der Waals surface area contributed by atoms with Gasteiger partial charge in [-0.3, -0.25) is 10.2 Å². The Hall–Kier alpha value is -4.08. The molecule has 1 aliphatic heterocycles. The van der Waals surface area contributed by atoms with Crippen LogP contribution < -0.4 is 16.4 Å². The number of amides is 1. The number of anilines is 3. The van der Waals surface area contributed by atoms with Crippen LogP contribution in [-0.4, -0.2) is 69.6 Å². The first kappa shape index (κ1) is 26.0. The number of nitrogens with two attached hydrogens (primary N) is 1. The number of nitrogen functional groups attached to an aromatic ring is 1. The molecule has 0 bridgehead atoms. The van der Waals surface area contributed by atoms with Gasteiger partial charge in [-0.05, 0) is 83.1 Å². The van der Waals surface area contributed by atoms with E-state index in [1.807, 2.05) is 12.0 Å². The molecule has 2 heterocycles. The second-order valence-electron chi connectivity index (χ2n) is 9.86. The van der Waals surface area contributed by atoms with Gasteiger partial charge >= 0.3 is 6.09 Å². The summed E-state index contributed by atoms with van der Waals surface area (Å²) >= 11 is 0. The maximum Gasteiger partial charge on any atom is 0.412 e. The standard InChI is InChI=1S/C26H33N7O4/c1-26(2,3)37-25(35)28-19-6-8-20(9-7-19)33-23(27)30-24(31-33)29-22-11-10-21(16-18(22)17-34)36-15-14-32-12-4-5-13-32/h6-11,16,22H,4-5,12-15H2,1-3H3,(H,28,35)(H3,27,29,30,31). The summed E-state index contributed by atoms with van der Waals surface area (Å²) < 4.78 is 12.5. The molecule has 4 rings (SSSR count). The van der Waals surface area contributed by atoms with Crippen molar-refractivity contribution >= 4 is 29.6 Å². The van der Waals surface area contributed by atoms with Crippen molar-refractivity contribution < 1.29 is 19.1 Å². The minimum atomic E-state index is -0.591. The Morgan fingerprint density at radius 2 is 1.95 bits per heavy atom. The molecule has 1 unspecified atom stereocenters. The minimum Gasteiger partial charge on any atom is -0.492 e. The van der Waals surface area contributed by atoms with E-state index >= 15 is 0 Å². The Morgan fingerprint density at radius 1 is 1.22 bits per heavy atom. The summed E-state index contributed by atoms with van der Waals surface area (Å²) in [7, 11) is 0. The number of ether oxygens (including phenoxy) is 2. The van der Waals surface area contributed by atoms with Crippen molar-refractivity contribution in [3.8, 4) is 5.69 Å². The largest absolute Gasteiger partial charge is 0.492 e. The van der Waals surface area contributed by atoms with Crippen LogP contribution in [0.1, 0.15) is 33.6 Å². The molecule has 1 aromatic heterocycles. The van der Waals surface area contributed by atoms with Crippen LogP contribution in [0.5, 0.6) is 0 Å². The van der Waals surface area contributed by atoms with E-state index < -0.39 is 17.7 Å². The van der Waals surface area contributed by atoms with Gasteiger partial charge in [0.2, 0.25) is 11.9 Å². The lowest BCUT2D eigenvalue weighted by molar-refractivity contribution is 0.0636. The van der Waals surface area contributed by atoms with Crippen LogP contribution in [-0.2, 0) is 14.3 Å². The van der Waals surface area contributed by atoms with E-state index in [1.165, 1.54) is 17.5 Å². The SMILES string of the molecule is CC(C)(C)OC(=O)Nc1ccc(-n2nc(NC3C=CC(OCCN4CCCC4)=CC3=C=O)nc2N)cc1. The van der Waals surface area contributed by atoms with Crippen molar-refractivity contribution in [2.45, 2.75) is 45.3 Å². The summed E-state index contributed by atoms with van der Waals surface area (Å²) in [4.78, 5) is 30.2. The molecule has 37 heavy (non-hydrogen) atoms. The molecule has 1 amide bonds. The van der Waals surface area contributed by atoms with Crippen molar-refractivity contribution in [2.24, 2.45) is 0 Å². The lowest BCUT2D eigenvalue weighted by Gasteiger charge is -2.19. The number of hydrogen-bond donors (Lipinski definition) is 3. The van der Waals surface area contributed by atoms with E-state index in [4.69, 9.17) is 15.2 Å². The summed E-state index contributed by atoms with van der Waals surface area (Å²) in [5, 5.41) is 10.2. The smallest absolute Gasteiger partial charge is 0.412 e. The Labute approximate surface area is 216 Å². The molecule has 0 saturated carbocycles. The molecule has 2 aromatic rings. The first-order valence-corrected chi connectivity index (χ1v) is 12.3. The fourth-order valence-electron chi connectivity index (χ4n) is 4.02. The fraction of sp³-hybridized carbons (Fsp3) is 0.423. The van der Waals surface area contributed by atoms with Crippen molar-refractivity contribution in [2.75, 3.05) is 42.6 Å². The highest BCUT2D eigenvalue weighted by Crippen LogP contribution is 2.21. The van der Waals surface area contributed by atoms with Crippen LogP contribution in [0.25, 0.3) is 5.69 Å². The molecule has 1 fully saturated rings. The van der Waals surface area contributed by atoms with Gasteiger partial charge in [0.1, 0.15) is 23.9 Å². The zero-order valence-corrected chi connectivity index (χ0v) is 21.4. The molecule has 1 saturated heterocycles. The van der Waals surface area contributed by atoms with Crippen LogP contribution in [0.3, 0.4) is 0 Å². The average Bonchev–Trinajstić information content (AvgIpc) is 3.49. The highest BCUT2D eigenvalue weighted by atomic mass is 16.6. The number of nitrogens with one attached hydrogen (secondary N) is 2. The van der Waals surface area contributed by atoms with E-state index in [-0.39, 0.29) is 11.9 Å². The Bertz CT molecular complexity index is 1210. The molecule has 1 aliphatic carbocycles. The first-order chi connectivity index (χ1) is 17.7. The number of rotatable bonds is 8. The second kappa shape index (κ2) is 11.3. The quantitative estimate of drug-likeness (QED) is 0.460. The third-order valence-electron chi connectivity index (χ3n) is 5.75. The lowest BCUT2D eigenvalue weighted by Crippen LogP contribution is -2.27.